The molecule has 146 valence electrons. The first-order valence-corrected chi connectivity index (χ1v) is 9.75. The molecule has 3 rings (SSSR count). The van der Waals surface area contributed by atoms with E-state index in [4.69, 9.17) is 11.6 Å². The van der Waals surface area contributed by atoms with Crippen LogP contribution in [0.4, 0.5) is 5.69 Å². The molecule has 0 saturated carbocycles. The SMILES string of the molecule is Cc1ccc(-n2nc(C)c(NC(=O)C[NH2+][C@@H](C)c3cccc(Cl)c3)c2C)cc1. The van der Waals surface area contributed by atoms with Gasteiger partial charge in [-0.3, -0.25) is 4.79 Å². The number of benzene rings is 2. The van der Waals surface area contributed by atoms with Gasteiger partial charge in [-0.25, -0.2) is 4.68 Å². The van der Waals surface area contributed by atoms with Gasteiger partial charge in [-0.1, -0.05) is 41.4 Å². The standard InChI is InChI=1S/C22H25ClN4O/c1-14-8-10-20(11-9-14)27-17(4)22(16(3)26-27)25-21(28)13-24-15(2)18-6-5-7-19(23)12-18/h5-12,15,24H,13H2,1-4H3,(H,25,28)/p+1/t15-/m0/s1. The van der Waals surface area contributed by atoms with Gasteiger partial charge in [0, 0.05) is 10.6 Å². The maximum absolute atomic E-state index is 12.5. The Morgan fingerprint density at radius 2 is 1.89 bits per heavy atom. The number of aryl methyl sites for hydroxylation is 2. The van der Waals surface area contributed by atoms with Crippen LogP contribution in [0.3, 0.4) is 0 Å². The molecule has 6 heteroatoms. The summed E-state index contributed by atoms with van der Waals surface area (Å²) in [6.07, 6.45) is 0. The van der Waals surface area contributed by atoms with Crippen molar-refractivity contribution in [2.45, 2.75) is 33.7 Å². The van der Waals surface area contributed by atoms with Crippen LogP contribution in [0.2, 0.25) is 5.02 Å². The summed E-state index contributed by atoms with van der Waals surface area (Å²) in [5.41, 5.74) is 5.76. The minimum Gasteiger partial charge on any atom is -0.333 e. The Morgan fingerprint density at radius 1 is 1.18 bits per heavy atom. The molecule has 0 spiro atoms. The molecular weight excluding hydrogens is 372 g/mol. The number of carbonyl (C=O) groups excluding carboxylic acids is 1. The van der Waals surface area contributed by atoms with Gasteiger partial charge < -0.3 is 10.6 Å². The molecule has 0 unspecified atom stereocenters. The fraction of sp³-hybridized carbons (Fsp3) is 0.273. The summed E-state index contributed by atoms with van der Waals surface area (Å²) >= 11 is 6.05. The van der Waals surface area contributed by atoms with Crippen molar-refractivity contribution in [1.82, 2.24) is 9.78 Å². The number of nitrogens with two attached hydrogens (primary N) is 1. The topological polar surface area (TPSA) is 63.5 Å². The summed E-state index contributed by atoms with van der Waals surface area (Å²) in [6, 6.07) is 16.0. The van der Waals surface area contributed by atoms with Crippen molar-refractivity contribution in [2.75, 3.05) is 11.9 Å². The molecule has 0 aliphatic carbocycles. The first-order chi connectivity index (χ1) is 13.3. The van der Waals surface area contributed by atoms with Crippen LogP contribution >= 0.6 is 11.6 Å². The molecule has 5 nitrogen and oxygen atoms in total. The summed E-state index contributed by atoms with van der Waals surface area (Å²) in [7, 11) is 0. The Hall–Kier alpha value is -2.63. The second-order valence-corrected chi connectivity index (χ2v) is 7.56. The lowest BCUT2D eigenvalue weighted by Crippen LogP contribution is -2.86. The second kappa shape index (κ2) is 8.59. The number of halogens is 1. The van der Waals surface area contributed by atoms with Crippen LogP contribution in [0.5, 0.6) is 0 Å². The highest BCUT2D eigenvalue weighted by molar-refractivity contribution is 6.30. The number of aromatic nitrogens is 2. The number of carbonyl (C=O) groups is 1. The lowest BCUT2D eigenvalue weighted by Gasteiger charge is -2.12. The van der Waals surface area contributed by atoms with Crippen molar-refractivity contribution in [3.63, 3.8) is 0 Å². The van der Waals surface area contributed by atoms with E-state index >= 15 is 0 Å². The van der Waals surface area contributed by atoms with Crippen molar-refractivity contribution in [1.29, 1.82) is 0 Å². The molecule has 1 amide bonds. The fourth-order valence-corrected chi connectivity index (χ4v) is 3.36. The Labute approximate surface area is 170 Å². The highest BCUT2D eigenvalue weighted by Crippen LogP contribution is 2.23. The smallest absolute Gasteiger partial charge is 0.279 e. The first-order valence-electron chi connectivity index (χ1n) is 9.37. The highest BCUT2D eigenvalue weighted by atomic mass is 35.5. The van der Waals surface area contributed by atoms with Gasteiger partial charge in [0.1, 0.15) is 6.04 Å². The molecule has 0 bridgehead atoms. The van der Waals surface area contributed by atoms with E-state index in [1.165, 1.54) is 5.56 Å². The normalized spacial score (nSPS) is 12.0. The average Bonchev–Trinajstić information content (AvgIpc) is 2.95. The number of hydrogen-bond donors (Lipinski definition) is 2. The van der Waals surface area contributed by atoms with E-state index in [1.54, 1.807) is 0 Å². The zero-order chi connectivity index (χ0) is 20.3. The van der Waals surface area contributed by atoms with Crippen molar-refractivity contribution in [3.8, 4) is 5.69 Å². The van der Waals surface area contributed by atoms with E-state index in [-0.39, 0.29) is 11.9 Å². The highest BCUT2D eigenvalue weighted by Gasteiger charge is 2.17. The third-order valence-electron chi connectivity index (χ3n) is 4.87. The Morgan fingerprint density at radius 3 is 2.57 bits per heavy atom. The van der Waals surface area contributed by atoms with Crippen LogP contribution in [0.15, 0.2) is 48.5 Å². The van der Waals surface area contributed by atoms with Gasteiger partial charge in [0.25, 0.3) is 5.91 Å². The predicted molar refractivity (Wildman–Crippen MR) is 113 cm³/mol. The lowest BCUT2D eigenvalue weighted by molar-refractivity contribution is -0.682. The zero-order valence-corrected chi connectivity index (χ0v) is 17.4. The van der Waals surface area contributed by atoms with E-state index in [0.717, 1.165) is 28.3 Å². The summed E-state index contributed by atoms with van der Waals surface area (Å²) < 4.78 is 1.86. The molecule has 2 aromatic carbocycles. The van der Waals surface area contributed by atoms with Crippen LogP contribution in [-0.4, -0.2) is 22.2 Å². The third-order valence-corrected chi connectivity index (χ3v) is 5.10. The Bertz CT molecular complexity index is 979. The molecule has 1 aromatic heterocycles. The predicted octanol–water partition coefficient (Wildman–Crippen LogP) is 3.71. The molecule has 3 N–H and O–H groups in total. The van der Waals surface area contributed by atoms with Crippen LogP contribution in [0.1, 0.15) is 35.5 Å². The second-order valence-electron chi connectivity index (χ2n) is 7.12. The summed E-state index contributed by atoms with van der Waals surface area (Å²) in [5.74, 6) is -0.0523. The van der Waals surface area contributed by atoms with Crippen molar-refractivity contribution < 1.29 is 10.1 Å². The van der Waals surface area contributed by atoms with Crippen LogP contribution < -0.4 is 10.6 Å². The summed E-state index contributed by atoms with van der Waals surface area (Å²) in [4.78, 5) is 12.5. The quantitative estimate of drug-likeness (QED) is 0.665. The maximum atomic E-state index is 12.5. The number of amides is 1. The van der Waals surface area contributed by atoms with Gasteiger partial charge in [-0.15, -0.1) is 0 Å². The molecule has 0 aliphatic rings. The van der Waals surface area contributed by atoms with E-state index in [2.05, 4.69) is 36.4 Å². The minimum atomic E-state index is -0.0523. The monoisotopic (exact) mass is 397 g/mol. The number of nitrogens with zero attached hydrogens (tertiary/aromatic N) is 2. The number of anilines is 1. The van der Waals surface area contributed by atoms with Crippen LogP contribution in [0.25, 0.3) is 5.69 Å². The lowest BCUT2D eigenvalue weighted by atomic mass is 10.1. The van der Waals surface area contributed by atoms with Gasteiger partial charge in [0.05, 0.1) is 22.8 Å². The number of hydrogen-bond acceptors (Lipinski definition) is 2. The molecule has 1 atom stereocenters. The number of rotatable bonds is 6. The number of quaternary nitrogens is 1. The van der Waals surface area contributed by atoms with E-state index in [9.17, 15) is 4.79 Å². The van der Waals surface area contributed by atoms with Crippen molar-refractivity contribution in [3.05, 3.63) is 76.1 Å². The third kappa shape index (κ3) is 4.61. The van der Waals surface area contributed by atoms with Crippen molar-refractivity contribution >= 4 is 23.2 Å². The van der Waals surface area contributed by atoms with Crippen molar-refractivity contribution in [2.24, 2.45) is 0 Å². The molecule has 3 aromatic rings. The largest absolute Gasteiger partial charge is 0.333 e. The van der Waals surface area contributed by atoms with Gasteiger partial charge in [0.2, 0.25) is 0 Å². The molecule has 1 heterocycles. The molecule has 28 heavy (non-hydrogen) atoms. The average molecular weight is 398 g/mol. The maximum Gasteiger partial charge on any atom is 0.279 e. The summed E-state index contributed by atoms with van der Waals surface area (Å²) in [6.45, 7) is 8.31. The fourth-order valence-electron chi connectivity index (χ4n) is 3.16. The van der Waals surface area contributed by atoms with Gasteiger partial charge in [0.15, 0.2) is 6.54 Å². The zero-order valence-electron chi connectivity index (χ0n) is 16.7. The van der Waals surface area contributed by atoms with Crippen LogP contribution in [0, 0.1) is 20.8 Å². The molecular formula is C22H26ClN4O+. The minimum absolute atomic E-state index is 0.0523. The van der Waals surface area contributed by atoms with E-state index < -0.39 is 0 Å². The summed E-state index contributed by atoms with van der Waals surface area (Å²) in [5, 5.41) is 10.3. The van der Waals surface area contributed by atoms with Gasteiger partial charge in [-0.2, -0.15) is 5.10 Å². The van der Waals surface area contributed by atoms with E-state index in [0.29, 0.717) is 11.6 Å². The molecule has 0 radical (unpaired) electrons. The molecule has 0 saturated heterocycles. The van der Waals surface area contributed by atoms with Gasteiger partial charge in [-0.05, 0) is 52.0 Å². The Kier molecular flexibility index (Phi) is 6.17. The first kappa shape index (κ1) is 20.1. The molecule has 0 fully saturated rings. The van der Waals surface area contributed by atoms with E-state index in [1.807, 2.05) is 60.2 Å². The van der Waals surface area contributed by atoms with Crippen LogP contribution in [-0.2, 0) is 4.79 Å². The number of nitrogens with one attached hydrogen (secondary N) is 1. The van der Waals surface area contributed by atoms with Gasteiger partial charge >= 0.3 is 0 Å². The molecule has 0 aliphatic heterocycles. The Balaban J connectivity index is 1.66.